The molecule has 98 heavy (non-hydrogen) atoms. The summed E-state index contributed by atoms with van der Waals surface area (Å²) in [6, 6.07) is 9.88. The van der Waals surface area contributed by atoms with Gasteiger partial charge in [0, 0.05) is 24.3 Å². The van der Waals surface area contributed by atoms with E-state index in [1.807, 2.05) is 0 Å². The molecule has 40 heteroatoms. The number of rotatable bonds is 10. The SMILES string of the molecule is OC[C@H]1O[C@@H]2O[C@H]3[C@H](O)[C@@H](O)[C@@H](O[C@H]4[C@H](O)[C@H](O)[C@@H](O[C@H]5[C@@H](O)[C@H](O)[C@@H](O[C@H]6[C@@H](O)[C@H](O)[C@@H](O[C@H]7[C@@H](O)[C@@H](O)[C@@H](O[C@H]8[C@H](O)[C@@H](O)[C@@H](O[C@H]9[C@H](O)[C@@H](O)[C@@H](O[C@H]1[C@H](O)[C@H]2O)O[C@@H]9CO)O[C@@H]8CO)O[C@@H]7CO)O[C@@H]6CO)O[C@@H]5CO)O[C@@H]4C[n+]1ccccc1)O[C@@H]3C[n+]1ccccc1. The van der Waals surface area contributed by atoms with Crippen LogP contribution in [0.2, 0.25) is 0 Å². The van der Waals surface area contributed by atoms with E-state index >= 15 is 0 Å². The Kier molecular flexibility index (Phi) is 25.4. The average molecular weight is 1420 g/mol. The van der Waals surface area contributed by atoms with Crippen molar-refractivity contribution in [3.8, 4) is 0 Å². The third kappa shape index (κ3) is 15.5. The quantitative estimate of drug-likeness (QED) is 0.0982. The Labute approximate surface area is 555 Å². The zero-order chi connectivity index (χ0) is 70.3. The summed E-state index contributed by atoms with van der Waals surface area (Å²) < 4.78 is 97.9. The summed E-state index contributed by atoms with van der Waals surface area (Å²) in [6.07, 6.45) is -73.5. The molecule has 0 unspecified atom stereocenters. The van der Waals surface area contributed by atoms with Gasteiger partial charge in [-0.25, -0.2) is 9.13 Å². The van der Waals surface area contributed by atoms with Gasteiger partial charge in [0.2, 0.25) is 0 Å². The van der Waals surface area contributed by atoms with E-state index in [9.17, 15) is 112 Å². The van der Waals surface area contributed by atoms with E-state index in [0.717, 1.165) is 0 Å². The molecule has 0 aromatic carbocycles. The van der Waals surface area contributed by atoms with Crippen molar-refractivity contribution in [2.75, 3.05) is 39.6 Å². The highest BCUT2D eigenvalue weighted by Crippen LogP contribution is 2.40. The van der Waals surface area contributed by atoms with E-state index in [1.54, 1.807) is 70.3 Å². The van der Waals surface area contributed by atoms with Gasteiger partial charge in [-0.2, -0.15) is 0 Å². The average Bonchev–Trinajstić information content (AvgIpc) is 0.777. The van der Waals surface area contributed by atoms with Crippen molar-refractivity contribution in [3.63, 3.8) is 0 Å². The molecule has 30 aliphatic heterocycles. The monoisotopic (exact) mass is 1420 g/mol. The third-order valence-electron chi connectivity index (χ3n) is 18.9. The van der Waals surface area contributed by atoms with E-state index < -0.39 is 285 Å². The van der Waals surface area contributed by atoms with Crippen molar-refractivity contribution in [2.45, 2.75) is 259 Å². The molecule has 30 fully saturated rings. The maximum atomic E-state index is 12.1. The number of hydrogen-bond acceptors (Lipinski definition) is 38. The molecule has 32 heterocycles. The highest BCUT2D eigenvalue weighted by atomic mass is 16.8. The fourth-order valence-electron chi connectivity index (χ4n) is 13.4. The minimum atomic E-state index is -2.24. The van der Waals surface area contributed by atoms with Gasteiger partial charge in [0.25, 0.3) is 0 Å². The molecule has 0 aliphatic carbocycles. The maximum Gasteiger partial charge on any atom is 0.187 e. The predicted octanol–water partition coefficient (Wildman–Crippen LogP) is -15.4. The lowest BCUT2D eigenvalue weighted by molar-refractivity contribution is -0.709. The molecule has 0 radical (unpaired) electrons. The molecular formula is C58H88N2O38+2. The topological polar surface area (TPSA) is 601 Å². The zero-order valence-electron chi connectivity index (χ0n) is 51.8. The van der Waals surface area contributed by atoms with Gasteiger partial charge in [0.1, 0.15) is 195 Å². The number of pyridine rings is 2. The second-order valence-corrected chi connectivity index (χ2v) is 25.2. The van der Waals surface area contributed by atoms with Crippen LogP contribution < -0.4 is 9.13 Å². The van der Waals surface area contributed by atoms with Crippen LogP contribution in [0.4, 0.5) is 0 Å². The standard InChI is InChI=1S/C58H88N2O38/c61-13-21-45-30(70)38(78)54(86-21)95-47-23(15-63)88-56(40(80)32(47)72)97-49-25(17-65)90-58(42(82)34(49)74)98-50-26(18-66)89-57(41(81)33(50)73)96-48-24(16-64)87-55(39(79)31(48)71)94-46-22(14-62)85-53(37(77)29(46)69)92-44-20(12-60-9-5-2-6-10-60)83-51(35(75)27(44)67)91-43-19(11-59-7-3-1-4-8-59)84-52(93-45)36(76)28(43)68/h1-10,19-58,61-82H,11-18H2/q+2/t19-,20-,21-,22-,23-,24-,25-,26-,27-,28-,29-,30+,31-,32+,33-,34+,35-,36+,37-,38+,39-,40+,41-,42-,43-,44-,45-,46-,47-,48-,49-,50-,51-,52-,53-,54-,55-,56-,57-,58-/m1/s1. The summed E-state index contributed by atoms with van der Waals surface area (Å²) in [7, 11) is 0. The number of aliphatic hydroxyl groups excluding tert-OH is 22. The molecule has 40 nitrogen and oxygen atoms in total. The first-order chi connectivity index (χ1) is 46.9. The minimum absolute atomic E-state index is 0.246. The maximum absolute atomic E-state index is 12.1. The van der Waals surface area contributed by atoms with Crippen LogP contribution in [0.25, 0.3) is 0 Å². The summed E-state index contributed by atoms with van der Waals surface area (Å²) >= 11 is 0. The Morgan fingerprint density at radius 2 is 0.327 bits per heavy atom. The van der Waals surface area contributed by atoms with Gasteiger partial charge >= 0.3 is 0 Å². The number of ether oxygens (including phenoxy) is 16. The van der Waals surface area contributed by atoms with Crippen LogP contribution in [-0.2, 0) is 88.9 Å². The number of hydrogen-bond donors (Lipinski definition) is 22. The summed E-state index contributed by atoms with van der Waals surface area (Å²) in [5.74, 6) is 0. The van der Waals surface area contributed by atoms with E-state index in [0.29, 0.717) is 0 Å². The Balaban J connectivity index is 0.889. The first-order valence-corrected chi connectivity index (χ1v) is 31.8. The highest BCUT2D eigenvalue weighted by Gasteiger charge is 2.61. The van der Waals surface area contributed by atoms with Gasteiger partial charge in [0.15, 0.2) is 88.2 Å². The van der Waals surface area contributed by atoms with Crippen LogP contribution in [0.3, 0.4) is 0 Å². The van der Waals surface area contributed by atoms with Gasteiger partial charge in [-0.05, 0) is 0 Å². The second-order valence-electron chi connectivity index (χ2n) is 25.2. The molecular weight excluding hydrogens is 1330 g/mol. The fraction of sp³-hybridized carbons (Fsp3) is 0.828. The molecule has 16 bridgehead atoms. The minimum Gasteiger partial charge on any atom is -0.394 e. The van der Waals surface area contributed by atoms with Crippen LogP contribution in [0, 0.1) is 0 Å². The molecule has 556 valence electrons. The molecule has 22 N–H and O–H groups in total. The van der Waals surface area contributed by atoms with Crippen LogP contribution in [0.5, 0.6) is 0 Å². The Morgan fingerprint density at radius 3 is 0.480 bits per heavy atom. The smallest absolute Gasteiger partial charge is 0.187 e. The molecule has 0 spiro atoms. The van der Waals surface area contributed by atoms with E-state index in [4.69, 9.17) is 75.8 Å². The highest BCUT2D eigenvalue weighted by molar-refractivity contribution is 5.03. The second kappa shape index (κ2) is 32.8. The van der Waals surface area contributed by atoms with E-state index in [2.05, 4.69) is 0 Å². The summed E-state index contributed by atoms with van der Waals surface area (Å²) in [5, 5.41) is 250. The van der Waals surface area contributed by atoms with Crippen molar-refractivity contribution < 1.29 is 197 Å². The zero-order valence-corrected chi connectivity index (χ0v) is 51.8. The summed E-state index contributed by atoms with van der Waals surface area (Å²) in [6.45, 7) is -6.85. The first-order valence-electron chi connectivity index (χ1n) is 31.8. The molecule has 32 rings (SSSR count). The summed E-state index contributed by atoms with van der Waals surface area (Å²) in [4.78, 5) is 0. The third-order valence-corrected chi connectivity index (χ3v) is 18.9. The predicted molar refractivity (Wildman–Crippen MR) is 300 cm³/mol. The van der Waals surface area contributed by atoms with Crippen LogP contribution in [0.15, 0.2) is 61.2 Å². The van der Waals surface area contributed by atoms with Crippen LogP contribution >= 0.6 is 0 Å². The van der Waals surface area contributed by atoms with Crippen molar-refractivity contribution in [3.05, 3.63) is 61.2 Å². The summed E-state index contributed by atoms with van der Waals surface area (Å²) in [5.41, 5.74) is 0. The molecule has 30 saturated heterocycles. The lowest BCUT2D eigenvalue weighted by Gasteiger charge is -2.50. The molecule has 2 aromatic heterocycles. The number of aliphatic hydroxyl groups is 22. The van der Waals surface area contributed by atoms with Crippen LogP contribution in [-0.4, -0.2) is 398 Å². The van der Waals surface area contributed by atoms with Gasteiger partial charge in [-0.1, -0.05) is 12.1 Å². The molecule has 40 atom stereocenters. The van der Waals surface area contributed by atoms with Crippen LogP contribution in [0.1, 0.15) is 0 Å². The number of nitrogens with zero attached hydrogens (tertiary/aromatic N) is 2. The van der Waals surface area contributed by atoms with Gasteiger partial charge in [-0.15, -0.1) is 0 Å². The Morgan fingerprint density at radius 1 is 0.184 bits per heavy atom. The fourth-order valence-corrected chi connectivity index (χ4v) is 13.4. The van der Waals surface area contributed by atoms with Crippen molar-refractivity contribution in [2.24, 2.45) is 0 Å². The van der Waals surface area contributed by atoms with Gasteiger partial charge < -0.3 is 188 Å². The lowest BCUT2D eigenvalue weighted by Crippen LogP contribution is -2.69. The van der Waals surface area contributed by atoms with Crippen molar-refractivity contribution in [1.82, 2.24) is 0 Å². The molecule has 2 aromatic rings. The van der Waals surface area contributed by atoms with Crippen molar-refractivity contribution >= 4 is 0 Å². The molecule has 30 aliphatic rings. The molecule has 0 saturated carbocycles. The van der Waals surface area contributed by atoms with Gasteiger partial charge in [-0.3, -0.25) is 0 Å². The molecule has 0 amide bonds. The van der Waals surface area contributed by atoms with Crippen molar-refractivity contribution in [1.29, 1.82) is 0 Å². The normalized spacial score (nSPS) is 50.8. The Bertz CT molecular complexity index is 2720. The Hall–Kier alpha value is -3.22. The van der Waals surface area contributed by atoms with E-state index in [1.165, 1.54) is 0 Å². The van der Waals surface area contributed by atoms with Gasteiger partial charge in [0.05, 0.1) is 39.6 Å². The largest absolute Gasteiger partial charge is 0.394 e. The van der Waals surface area contributed by atoms with E-state index in [-0.39, 0.29) is 13.1 Å². The number of aromatic nitrogens is 2. The lowest BCUT2D eigenvalue weighted by atomic mass is 9.94. The first kappa shape index (κ1) is 75.9.